The van der Waals surface area contributed by atoms with Gasteiger partial charge in [0.05, 0.1) is 11.4 Å². The number of hydrogen-bond acceptors (Lipinski definition) is 2. The summed E-state index contributed by atoms with van der Waals surface area (Å²) >= 11 is 0. The fourth-order valence-corrected chi connectivity index (χ4v) is 6.77. The molecule has 212 valence electrons. The normalized spacial score (nSPS) is 13.2. The predicted molar refractivity (Wildman–Crippen MR) is 173 cm³/mol. The summed E-state index contributed by atoms with van der Waals surface area (Å²) in [6.07, 6.45) is 1.35. The fraction of sp³-hybridized carbons (Fsp3) is 0.237. The van der Waals surface area contributed by atoms with Crippen molar-refractivity contribution >= 4 is 27.7 Å². The van der Waals surface area contributed by atoms with E-state index in [4.69, 9.17) is 4.74 Å². The molecule has 4 aromatic carbocycles. The Hall–Kier alpha value is -4.41. The number of aryl methyl sites for hydroxylation is 3. The van der Waals surface area contributed by atoms with Crippen LogP contribution in [0.2, 0.25) is 0 Å². The maximum atomic E-state index is 14.2. The molecule has 0 amide bonds. The monoisotopic (exact) mass is 554 g/mol. The van der Waals surface area contributed by atoms with E-state index < -0.39 is 6.10 Å². The standard InChI is InChI=1S/C38H38N2O2/c1-24(2)40-34-19-13-10-16-30(34)27(5)36(40)35(29-21-25(3)20-26(4)22-29)32-23-39(33-18-12-11-17-31(32)33)38(41)37(42-6)28-14-8-7-9-15-28/h7-24,35,37H,1-6H3/t35?,37-/m1/s1. The number of carbonyl (C=O) groups is 1. The minimum absolute atomic E-state index is 0.0879. The number of ether oxygens (including phenoxy) is 1. The Morgan fingerprint density at radius 2 is 1.31 bits per heavy atom. The molecule has 6 aromatic rings. The third kappa shape index (κ3) is 4.66. The van der Waals surface area contributed by atoms with Crippen LogP contribution in [0.1, 0.15) is 75.8 Å². The highest BCUT2D eigenvalue weighted by Crippen LogP contribution is 2.43. The molecule has 0 N–H and O–H groups in total. The highest BCUT2D eigenvalue weighted by Gasteiger charge is 2.31. The molecule has 6 rings (SSSR count). The summed E-state index contributed by atoms with van der Waals surface area (Å²) in [5.74, 6) is -0.193. The van der Waals surface area contributed by atoms with Gasteiger partial charge in [-0.25, -0.2) is 0 Å². The fourth-order valence-electron chi connectivity index (χ4n) is 6.77. The third-order valence-corrected chi connectivity index (χ3v) is 8.43. The zero-order chi connectivity index (χ0) is 29.5. The van der Waals surface area contributed by atoms with Crippen LogP contribution in [0.5, 0.6) is 0 Å². The van der Waals surface area contributed by atoms with Crippen molar-refractivity contribution in [2.24, 2.45) is 0 Å². The number of nitrogens with zero attached hydrogens (tertiary/aromatic N) is 2. The van der Waals surface area contributed by atoms with Crippen molar-refractivity contribution in [1.29, 1.82) is 0 Å². The summed E-state index contributed by atoms with van der Waals surface area (Å²) < 4.78 is 10.1. The van der Waals surface area contributed by atoms with E-state index in [2.05, 4.69) is 100.0 Å². The topological polar surface area (TPSA) is 36.2 Å². The minimum Gasteiger partial charge on any atom is -0.367 e. The van der Waals surface area contributed by atoms with Crippen LogP contribution in [0, 0.1) is 20.8 Å². The van der Waals surface area contributed by atoms with Gasteiger partial charge in [-0.05, 0) is 69.0 Å². The number of methoxy groups -OCH3 is 1. The van der Waals surface area contributed by atoms with Crippen LogP contribution in [0.25, 0.3) is 21.8 Å². The van der Waals surface area contributed by atoms with E-state index >= 15 is 0 Å². The number of para-hydroxylation sites is 2. The Balaban J connectivity index is 1.66. The Labute approximate surface area is 248 Å². The molecule has 0 radical (unpaired) electrons. The van der Waals surface area contributed by atoms with E-state index in [1.165, 1.54) is 38.9 Å². The first kappa shape index (κ1) is 27.7. The average Bonchev–Trinajstić information content (AvgIpc) is 3.50. The van der Waals surface area contributed by atoms with E-state index in [1.807, 2.05) is 42.5 Å². The van der Waals surface area contributed by atoms with E-state index in [0.717, 1.165) is 22.0 Å². The Kier molecular flexibility index (Phi) is 7.34. The molecule has 0 aliphatic carbocycles. The second kappa shape index (κ2) is 11.1. The molecule has 2 aromatic heterocycles. The Morgan fingerprint density at radius 1 is 0.714 bits per heavy atom. The number of fused-ring (bicyclic) bond motifs is 2. The molecular formula is C38H38N2O2. The molecular weight excluding hydrogens is 516 g/mol. The summed E-state index contributed by atoms with van der Waals surface area (Å²) in [7, 11) is 1.60. The van der Waals surface area contributed by atoms with Crippen LogP contribution < -0.4 is 0 Å². The van der Waals surface area contributed by atoms with Crippen LogP contribution in [-0.4, -0.2) is 22.2 Å². The molecule has 0 fully saturated rings. The van der Waals surface area contributed by atoms with Gasteiger partial charge in [0.25, 0.3) is 5.91 Å². The van der Waals surface area contributed by atoms with E-state index in [1.54, 1.807) is 11.7 Å². The zero-order valence-electron chi connectivity index (χ0n) is 25.3. The molecule has 1 unspecified atom stereocenters. The minimum atomic E-state index is -0.710. The van der Waals surface area contributed by atoms with Gasteiger partial charge in [-0.2, -0.15) is 0 Å². The molecule has 0 spiro atoms. The van der Waals surface area contributed by atoms with Crippen LogP contribution in [0.4, 0.5) is 0 Å². The Morgan fingerprint density at radius 3 is 1.95 bits per heavy atom. The highest BCUT2D eigenvalue weighted by molar-refractivity contribution is 5.97. The van der Waals surface area contributed by atoms with Crippen LogP contribution in [0.15, 0.2) is 103 Å². The lowest BCUT2D eigenvalue weighted by Gasteiger charge is -2.25. The summed E-state index contributed by atoms with van der Waals surface area (Å²) in [5.41, 5.74) is 10.3. The molecule has 42 heavy (non-hydrogen) atoms. The van der Waals surface area contributed by atoms with Crippen molar-refractivity contribution in [3.05, 3.63) is 142 Å². The number of aromatic nitrogens is 2. The molecule has 4 heteroatoms. The van der Waals surface area contributed by atoms with E-state index in [9.17, 15) is 4.79 Å². The van der Waals surface area contributed by atoms with Crippen molar-refractivity contribution < 1.29 is 9.53 Å². The lowest BCUT2D eigenvalue weighted by Crippen LogP contribution is -2.21. The van der Waals surface area contributed by atoms with Gasteiger partial charge in [-0.3, -0.25) is 9.36 Å². The van der Waals surface area contributed by atoms with Gasteiger partial charge >= 0.3 is 0 Å². The Bertz CT molecular complexity index is 1890. The van der Waals surface area contributed by atoms with Gasteiger partial charge in [-0.1, -0.05) is 96.1 Å². The third-order valence-electron chi connectivity index (χ3n) is 8.43. The smallest absolute Gasteiger partial charge is 0.264 e. The summed E-state index contributed by atoms with van der Waals surface area (Å²) in [4.78, 5) is 14.2. The molecule has 0 saturated heterocycles. The van der Waals surface area contributed by atoms with E-state index in [0.29, 0.717) is 0 Å². The summed E-state index contributed by atoms with van der Waals surface area (Å²) in [6, 6.07) is 33.7. The first-order valence-corrected chi connectivity index (χ1v) is 14.7. The SMILES string of the molecule is CO[C@@H](C(=O)n1cc(C(c2cc(C)cc(C)c2)c2c(C)c3ccccc3n2C(C)C)c2ccccc21)c1ccccc1. The van der Waals surface area contributed by atoms with Crippen molar-refractivity contribution in [2.75, 3.05) is 7.11 Å². The van der Waals surface area contributed by atoms with Gasteiger partial charge < -0.3 is 9.30 Å². The van der Waals surface area contributed by atoms with E-state index in [-0.39, 0.29) is 17.9 Å². The number of benzene rings is 4. The van der Waals surface area contributed by atoms with Crippen LogP contribution in [0.3, 0.4) is 0 Å². The summed E-state index contributed by atoms with van der Waals surface area (Å²) in [6.45, 7) is 11.1. The van der Waals surface area contributed by atoms with Gasteiger partial charge in [0.15, 0.2) is 6.10 Å². The van der Waals surface area contributed by atoms with Crippen molar-refractivity contribution in [1.82, 2.24) is 9.13 Å². The second-order valence-corrected chi connectivity index (χ2v) is 11.7. The average molecular weight is 555 g/mol. The molecule has 0 aliphatic heterocycles. The maximum absolute atomic E-state index is 14.2. The van der Waals surface area contributed by atoms with Gasteiger partial charge in [-0.15, -0.1) is 0 Å². The lowest BCUT2D eigenvalue weighted by molar-refractivity contribution is 0.0520. The van der Waals surface area contributed by atoms with Gasteiger partial charge in [0, 0.05) is 41.3 Å². The quantitative estimate of drug-likeness (QED) is 0.197. The van der Waals surface area contributed by atoms with Crippen molar-refractivity contribution in [3.63, 3.8) is 0 Å². The molecule has 2 atom stereocenters. The molecule has 2 heterocycles. The van der Waals surface area contributed by atoms with Crippen molar-refractivity contribution in [2.45, 2.75) is 52.7 Å². The highest BCUT2D eigenvalue weighted by atomic mass is 16.5. The zero-order valence-corrected chi connectivity index (χ0v) is 25.3. The van der Waals surface area contributed by atoms with Gasteiger partial charge in [0.2, 0.25) is 0 Å². The molecule has 0 aliphatic rings. The van der Waals surface area contributed by atoms with Crippen LogP contribution in [-0.2, 0) is 4.74 Å². The van der Waals surface area contributed by atoms with Crippen LogP contribution >= 0.6 is 0 Å². The number of hydrogen-bond donors (Lipinski definition) is 0. The molecule has 4 nitrogen and oxygen atoms in total. The van der Waals surface area contributed by atoms with Gasteiger partial charge in [0.1, 0.15) is 0 Å². The summed E-state index contributed by atoms with van der Waals surface area (Å²) in [5, 5.41) is 2.33. The predicted octanol–water partition coefficient (Wildman–Crippen LogP) is 9.31. The first-order chi connectivity index (χ1) is 20.3. The number of carbonyl (C=O) groups excluding carboxylic acids is 1. The largest absolute Gasteiger partial charge is 0.367 e. The second-order valence-electron chi connectivity index (χ2n) is 11.7. The molecule has 0 saturated carbocycles. The van der Waals surface area contributed by atoms with Crippen molar-refractivity contribution in [3.8, 4) is 0 Å². The maximum Gasteiger partial charge on any atom is 0.264 e. The first-order valence-electron chi connectivity index (χ1n) is 14.7. The number of rotatable bonds is 7. The molecule has 0 bridgehead atoms. The lowest BCUT2D eigenvalue weighted by atomic mass is 9.84.